The van der Waals surface area contributed by atoms with Crippen LogP contribution in [0.5, 0.6) is 0 Å². The van der Waals surface area contributed by atoms with Crippen LogP contribution in [0.4, 0.5) is 0 Å². The van der Waals surface area contributed by atoms with E-state index in [2.05, 4.69) is 10.6 Å². The van der Waals surface area contributed by atoms with E-state index in [4.69, 9.17) is 11.6 Å². The van der Waals surface area contributed by atoms with Crippen molar-refractivity contribution >= 4 is 29.9 Å². The molecule has 2 N–H and O–H groups in total. The zero-order valence-electron chi connectivity index (χ0n) is 11.0. The molecule has 19 heavy (non-hydrogen) atoms. The first-order chi connectivity index (χ1) is 8.66. The van der Waals surface area contributed by atoms with E-state index in [1.165, 1.54) is 12.8 Å². The number of carbonyl (C=O) groups is 1. The van der Waals surface area contributed by atoms with Crippen molar-refractivity contribution in [3.05, 3.63) is 34.3 Å². The molecule has 1 aromatic rings. The molecule has 0 saturated carbocycles. The molecule has 0 bridgehead atoms. The summed E-state index contributed by atoms with van der Waals surface area (Å²) in [7, 11) is 0. The summed E-state index contributed by atoms with van der Waals surface area (Å²) >= 11 is 6.06. The summed E-state index contributed by atoms with van der Waals surface area (Å²) in [6.45, 7) is 3.75. The molecule has 1 amide bonds. The molecule has 0 radical (unpaired) electrons. The lowest BCUT2D eigenvalue weighted by atomic mass is 10.1. The fourth-order valence-corrected chi connectivity index (χ4v) is 2.58. The lowest BCUT2D eigenvalue weighted by Crippen LogP contribution is -2.30. The molecular weight excluding hydrogens is 283 g/mol. The average molecular weight is 303 g/mol. The van der Waals surface area contributed by atoms with Gasteiger partial charge in [0, 0.05) is 12.6 Å². The Morgan fingerprint density at radius 3 is 2.95 bits per heavy atom. The molecule has 0 unspecified atom stereocenters. The van der Waals surface area contributed by atoms with Gasteiger partial charge in [0.15, 0.2) is 0 Å². The number of amides is 1. The number of nitrogens with one attached hydrogen (secondary N) is 2. The van der Waals surface area contributed by atoms with Gasteiger partial charge >= 0.3 is 0 Å². The van der Waals surface area contributed by atoms with Crippen molar-refractivity contribution in [1.82, 2.24) is 10.6 Å². The Hall–Kier alpha value is -0.770. The van der Waals surface area contributed by atoms with Gasteiger partial charge in [0.1, 0.15) is 0 Å². The van der Waals surface area contributed by atoms with Crippen LogP contribution in [0.25, 0.3) is 0 Å². The highest BCUT2D eigenvalue weighted by atomic mass is 35.5. The molecule has 0 aliphatic carbocycles. The van der Waals surface area contributed by atoms with Crippen molar-refractivity contribution in [2.75, 3.05) is 13.1 Å². The minimum absolute atomic E-state index is 0. The second kappa shape index (κ2) is 7.73. The monoisotopic (exact) mass is 302 g/mol. The topological polar surface area (TPSA) is 41.1 Å². The number of carbonyl (C=O) groups excluding carboxylic acids is 1. The van der Waals surface area contributed by atoms with Crippen LogP contribution in [0.3, 0.4) is 0 Å². The van der Waals surface area contributed by atoms with Crippen molar-refractivity contribution < 1.29 is 4.79 Å². The van der Waals surface area contributed by atoms with Crippen LogP contribution in [0.1, 0.15) is 35.2 Å². The highest BCUT2D eigenvalue weighted by molar-refractivity contribution is 6.33. The summed E-state index contributed by atoms with van der Waals surface area (Å²) in [6, 6.07) is 6.05. The largest absolute Gasteiger partial charge is 0.352 e. The van der Waals surface area contributed by atoms with Crippen LogP contribution in [0, 0.1) is 6.92 Å². The summed E-state index contributed by atoms with van der Waals surface area (Å²) in [5.41, 5.74) is 1.62. The van der Waals surface area contributed by atoms with Crippen LogP contribution in [0.2, 0.25) is 5.02 Å². The van der Waals surface area contributed by atoms with Crippen LogP contribution in [0.15, 0.2) is 18.2 Å². The number of hydrogen-bond donors (Lipinski definition) is 2. The number of rotatable bonds is 4. The lowest BCUT2D eigenvalue weighted by Gasteiger charge is -2.11. The molecule has 106 valence electrons. The van der Waals surface area contributed by atoms with E-state index >= 15 is 0 Å². The number of halogens is 2. The first-order valence-electron chi connectivity index (χ1n) is 6.44. The maximum Gasteiger partial charge on any atom is 0.252 e. The zero-order valence-corrected chi connectivity index (χ0v) is 12.6. The van der Waals surface area contributed by atoms with E-state index in [9.17, 15) is 4.79 Å². The van der Waals surface area contributed by atoms with E-state index < -0.39 is 0 Å². The van der Waals surface area contributed by atoms with Crippen molar-refractivity contribution in [2.24, 2.45) is 0 Å². The summed E-state index contributed by atoms with van der Waals surface area (Å²) in [5, 5.41) is 6.85. The Balaban J connectivity index is 0.00000180. The SMILES string of the molecule is Cc1ccc(C(=O)NCC[C@H]2CCCN2)c(Cl)c1.Cl. The zero-order chi connectivity index (χ0) is 13.0. The molecule has 3 nitrogen and oxygen atoms in total. The number of aryl methyl sites for hydroxylation is 1. The fourth-order valence-electron chi connectivity index (χ4n) is 2.26. The summed E-state index contributed by atoms with van der Waals surface area (Å²) < 4.78 is 0. The third-order valence-corrected chi connectivity index (χ3v) is 3.62. The molecule has 5 heteroatoms. The van der Waals surface area contributed by atoms with Crippen molar-refractivity contribution in [3.8, 4) is 0 Å². The Kier molecular flexibility index (Phi) is 6.63. The Morgan fingerprint density at radius 2 is 2.32 bits per heavy atom. The molecule has 1 atom stereocenters. The molecule has 0 spiro atoms. The van der Waals surface area contributed by atoms with Gasteiger partial charge in [-0.15, -0.1) is 12.4 Å². The summed E-state index contributed by atoms with van der Waals surface area (Å²) in [4.78, 5) is 11.9. The minimum Gasteiger partial charge on any atom is -0.352 e. The maximum absolute atomic E-state index is 11.9. The van der Waals surface area contributed by atoms with Gasteiger partial charge in [-0.3, -0.25) is 4.79 Å². The Labute approximate surface area is 125 Å². The van der Waals surface area contributed by atoms with Gasteiger partial charge in [-0.2, -0.15) is 0 Å². The van der Waals surface area contributed by atoms with Gasteiger partial charge in [-0.05, 0) is 50.4 Å². The molecule has 1 aromatic carbocycles. The molecule has 1 aliphatic rings. The van der Waals surface area contributed by atoms with Crippen LogP contribution < -0.4 is 10.6 Å². The van der Waals surface area contributed by atoms with Gasteiger partial charge in [-0.25, -0.2) is 0 Å². The van der Waals surface area contributed by atoms with Crippen LogP contribution in [-0.4, -0.2) is 25.0 Å². The first kappa shape index (κ1) is 16.3. The molecule has 1 aliphatic heterocycles. The second-order valence-corrected chi connectivity index (χ2v) is 5.23. The number of benzene rings is 1. The van der Waals surface area contributed by atoms with Gasteiger partial charge in [0.25, 0.3) is 5.91 Å². The Bertz CT molecular complexity index is 431. The molecule has 0 aromatic heterocycles. The molecule has 1 fully saturated rings. The van der Waals surface area contributed by atoms with Crippen LogP contribution >= 0.6 is 24.0 Å². The van der Waals surface area contributed by atoms with Gasteiger partial charge < -0.3 is 10.6 Å². The molecule has 2 rings (SSSR count). The standard InChI is InChI=1S/C14H19ClN2O.ClH/c1-10-4-5-12(13(15)9-10)14(18)17-8-6-11-3-2-7-16-11;/h4-5,9,11,16H,2-3,6-8H2,1H3,(H,17,18);1H/t11-;/m1./s1. The van der Waals surface area contributed by atoms with Gasteiger partial charge in [0.05, 0.1) is 10.6 Å². The predicted molar refractivity (Wildman–Crippen MR) is 81.4 cm³/mol. The summed E-state index contributed by atoms with van der Waals surface area (Å²) in [5.74, 6) is -0.0852. The van der Waals surface area contributed by atoms with E-state index in [0.717, 1.165) is 18.5 Å². The van der Waals surface area contributed by atoms with E-state index in [1.54, 1.807) is 6.07 Å². The lowest BCUT2D eigenvalue weighted by molar-refractivity contribution is 0.0952. The molecule has 1 heterocycles. The Morgan fingerprint density at radius 1 is 1.53 bits per heavy atom. The van der Waals surface area contributed by atoms with Crippen molar-refractivity contribution in [3.63, 3.8) is 0 Å². The fraction of sp³-hybridized carbons (Fsp3) is 0.500. The maximum atomic E-state index is 11.9. The minimum atomic E-state index is -0.0852. The quantitative estimate of drug-likeness (QED) is 0.898. The van der Waals surface area contributed by atoms with Crippen molar-refractivity contribution in [2.45, 2.75) is 32.2 Å². The summed E-state index contributed by atoms with van der Waals surface area (Å²) in [6.07, 6.45) is 3.43. The van der Waals surface area contributed by atoms with E-state index in [1.807, 2.05) is 19.1 Å². The third-order valence-electron chi connectivity index (χ3n) is 3.31. The smallest absolute Gasteiger partial charge is 0.252 e. The normalized spacial score (nSPS) is 17.9. The third kappa shape index (κ3) is 4.68. The molecule has 1 saturated heterocycles. The number of hydrogen-bond acceptors (Lipinski definition) is 2. The molecular formula is C14H20Cl2N2O. The van der Waals surface area contributed by atoms with E-state index in [0.29, 0.717) is 23.2 Å². The van der Waals surface area contributed by atoms with Gasteiger partial charge in [0.2, 0.25) is 0 Å². The highest BCUT2D eigenvalue weighted by Crippen LogP contribution is 2.17. The van der Waals surface area contributed by atoms with Gasteiger partial charge in [-0.1, -0.05) is 17.7 Å². The van der Waals surface area contributed by atoms with E-state index in [-0.39, 0.29) is 18.3 Å². The van der Waals surface area contributed by atoms with Crippen molar-refractivity contribution in [1.29, 1.82) is 0 Å². The average Bonchev–Trinajstić information content (AvgIpc) is 2.81. The van der Waals surface area contributed by atoms with Crippen LogP contribution in [-0.2, 0) is 0 Å². The second-order valence-electron chi connectivity index (χ2n) is 4.82. The highest BCUT2D eigenvalue weighted by Gasteiger charge is 2.14. The first-order valence-corrected chi connectivity index (χ1v) is 6.82. The predicted octanol–water partition coefficient (Wildman–Crippen LogP) is 2.94.